The van der Waals surface area contributed by atoms with E-state index >= 15 is 0 Å². The summed E-state index contributed by atoms with van der Waals surface area (Å²) in [7, 11) is 0. The van der Waals surface area contributed by atoms with Crippen LogP contribution in [-0.2, 0) is 4.79 Å². The Morgan fingerprint density at radius 1 is 1.75 bits per heavy atom. The summed E-state index contributed by atoms with van der Waals surface area (Å²) in [5.74, 6) is -0.951. The van der Waals surface area contributed by atoms with Gasteiger partial charge in [-0.2, -0.15) is 0 Å². The van der Waals surface area contributed by atoms with E-state index < -0.39 is 11.5 Å². The second-order valence-electron chi connectivity index (χ2n) is 2.02. The molecule has 0 aromatic rings. The van der Waals surface area contributed by atoms with Crippen LogP contribution in [0.25, 0.3) is 0 Å². The first-order valence-corrected chi connectivity index (χ1v) is 2.22. The Labute approximate surface area is 48.1 Å². The zero-order chi connectivity index (χ0) is 6.78. The maximum absolute atomic E-state index is 10.1. The summed E-state index contributed by atoms with van der Waals surface area (Å²) in [6, 6.07) is 0. The fourth-order valence-corrected chi connectivity index (χ4v) is 0.0676. The number of carbonyl (C=O) groups is 1. The van der Waals surface area contributed by atoms with Crippen molar-refractivity contribution in [2.24, 2.45) is 4.99 Å². The standard InChI is InChI=1S/C5H9NO2/c1-5(2,6-3)4(7)8/h3H2,1-2H3,(H,7,8). The molecule has 0 aliphatic carbocycles. The van der Waals surface area contributed by atoms with Gasteiger partial charge in [0.1, 0.15) is 0 Å². The number of hydrogen-bond acceptors (Lipinski definition) is 2. The minimum absolute atomic E-state index is 0.951. The molecule has 3 nitrogen and oxygen atoms in total. The third-order valence-corrected chi connectivity index (χ3v) is 0.919. The van der Waals surface area contributed by atoms with Crippen LogP contribution in [0.3, 0.4) is 0 Å². The van der Waals surface area contributed by atoms with Crippen LogP contribution in [0.2, 0.25) is 0 Å². The van der Waals surface area contributed by atoms with Crippen molar-refractivity contribution in [3.05, 3.63) is 0 Å². The Balaban J connectivity index is 4.12. The normalized spacial score (nSPS) is 10.8. The van der Waals surface area contributed by atoms with Gasteiger partial charge >= 0.3 is 5.97 Å². The first kappa shape index (κ1) is 7.14. The fraction of sp³-hybridized carbons (Fsp3) is 0.600. The molecule has 1 N–H and O–H groups in total. The lowest BCUT2D eigenvalue weighted by atomic mass is 10.1. The highest BCUT2D eigenvalue weighted by atomic mass is 16.4. The molecule has 0 aliphatic rings. The van der Waals surface area contributed by atoms with Crippen molar-refractivity contribution in [2.75, 3.05) is 0 Å². The van der Waals surface area contributed by atoms with Gasteiger partial charge in [0.05, 0.1) is 0 Å². The molecule has 0 radical (unpaired) electrons. The highest BCUT2D eigenvalue weighted by Gasteiger charge is 2.23. The molecule has 0 atom stereocenters. The van der Waals surface area contributed by atoms with Crippen LogP contribution in [-0.4, -0.2) is 23.3 Å². The molecule has 0 heterocycles. The minimum Gasteiger partial charge on any atom is -0.479 e. The average molecular weight is 115 g/mol. The fourth-order valence-electron chi connectivity index (χ4n) is 0.0676. The van der Waals surface area contributed by atoms with E-state index in [1.165, 1.54) is 13.8 Å². The monoisotopic (exact) mass is 115 g/mol. The van der Waals surface area contributed by atoms with Gasteiger partial charge in [0.2, 0.25) is 0 Å². The largest absolute Gasteiger partial charge is 0.479 e. The molecule has 0 spiro atoms. The molecule has 0 fully saturated rings. The quantitative estimate of drug-likeness (QED) is 0.534. The van der Waals surface area contributed by atoms with Gasteiger partial charge in [-0.1, -0.05) is 0 Å². The van der Waals surface area contributed by atoms with Gasteiger partial charge in [0, 0.05) is 0 Å². The Hall–Kier alpha value is -0.860. The number of aliphatic imine (C=N–C) groups is 1. The molecule has 3 heteroatoms. The first-order chi connectivity index (χ1) is 3.50. The molecule has 46 valence electrons. The Morgan fingerprint density at radius 2 is 2.12 bits per heavy atom. The van der Waals surface area contributed by atoms with Crippen LogP contribution >= 0.6 is 0 Å². The molecular formula is C5H9NO2. The summed E-state index contributed by atoms with van der Waals surface area (Å²) in [5.41, 5.74) is -1.03. The second-order valence-corrected chi connectivity index (χ2v) is 2.02. The molecule has 0 aliphatic heterocycles. The summed E-state index contributed by atoms with van der Waals surface area (Å²) in [5, 5.41) is 8.31. The van der Waals surface area contributed by atoms with Crippen LogP contribution in [0.15, 0.2) is 4.99 Å². The van der Waals surface area contributed by atoms with Crippen LogP contribution < -0.4 is 0 Å². The van der Waals surface area contributed by atoms with Gasteiger partial charge in [0.15, 0.2) is 5.54 Å². The third-order valence-electron chi connectivity index (χ3n) is 0.919. The maximum Gasteiger partial charge on any atom is 0.330 e. The van der Waals surface area contributed by atoms with E-state index in [4.69, 9.17) is 5.11 Å². The molecule has 0 saturated carbocycles. The number of carboxylic acid groups (broad SMARTS) is 1. The van der Waals surface area contributed by atoms with E-state index in [0.717, 1.165) is 0 Å². The number of rotatable bonds is 2. The van der Waals surface area contributed by atoms with Crippen molar-refractivity contribution in [1.29, 1.82) is 0 Å². The molecule has 8 heavy (non-hydrogen) atoms. The van der Waals surface area contributed by atoms with Crippen LogP contribution in [0, 0.1) is 0 Å². The molecule has 0 bridgehead atoms. The summed E-state index contributed by atoms with van der Waals surface area (Å²) in [6.07, 6.45) is 0. The van der Waals surface area contributed by atoms with E-state index in [1.54, 1.807) is 0 Å². The van der Waals surface area contributed by atoms with Crippen molar-refractivity contribution in [3.8, 4) is 0 Å². The summed E-state index contributed by atoms with van der Waals surface area (Å²) in [4.78, 5) is 13.5. The molecule has 0 saturated heterocycles. The lowest BCUT2D eigenvalue weighted by molar-refractivity contribution is -0.141. The number of nitrogens with zero attached hydrogens (tertiary/aromatic N) is 1. The maximum atomic E-state index is 10.1. The Bertz CT molecular complexity index is 118. The van der Waals surface area contributed by atoms with E-state index in [2.05, 4.69) is 11.7 Å². The summed E-state index contributed by atoms with van der Waals surface area (Å²) in [6.45, 7) is 6.10. The van der Waals surface area contributed by atoms with Gasteiger partial charge in [0.25, 0.3) is 0 Å². The molecular weight excluding hydrogens is 106 g/mol. The molecule has 0 aromatic carbocycles. The third kappa shape index (κ3) is 1.33. The van der Waals surface area contributed by atoms with Crippen molar-refractivity contribution in [2.45, 2.75) is 19.4 Å². The van der Waals surface area contributed by atoms with Crippen molar-refractivity contribution in [3.63, 3.8) is 0 Å². The van der Waals surface area contributed by atoms with Gasteiger partial charge < -0.3 is 5.11 Å². The number of aliphatic carboxylic acids is 1. The molecule has 0 aromatic heterocycles. The van der Waals surface area contributed by atoms with E-state index in [-0.39, 0.29) is 0 Å². The predicted molar refractivity (Wildman–Crippen MR) is 31.3 cm³/mol. The predicted octanol–water partition coefficient (Wildman–Crippen LogP) is 0.550. The molecule has 0 amide bonds. The van der Waals surface area contributed by atoms with Crippen LogP contribution in [0.4, 0.5) is 0 Å². The Morgan fingerprint density at radius 3 is 2.12 bits per heavy atom. The highest BCUT2D eigenvalue weighted by Crippen LogP contribution is 2.05. The van der Waals surface area contributed by atoms with E-state index in [1.807, 2.05) is 0 Å². The van der Waals surface area contributed by atoms with E-state index in [9.17, 15) is 4.79 Å². The van der Waals surface area contributed by atoms with Gasteiger partial charge in [-0.15, -0.1) is 0 Å². The van der Waals surface area contributed by atoms with Crippen LogP contribution in [0.1, 0.15) is 13.8 Å². The van der Waals surface area contributed by atoms with Crippen molar-refractivity contribution < 1.29 is 9.90 Å². The minimum atomic E-state index is -1.03. The van der Waals surface area contributed by atoms with Crippen LogP contribution in [0.5, 0.6) is 0 Å². The van der Waals surface area contributed by atoms with Gasteiger partial charge in [-0.25, -0.2) is 4.79 Å². The average Bonchev–Trinajstić information content (AvgIpc) is 1.67. The SMILES string of the molecule is C=NC(C)(C)C(=O)O. The first-order valence-electron chi connectivity index (χ1n) is 2.22. The summed E-state index contributed by atoms with van der Waals surface area (Å²) < 4.78 is 0. The molecule has 0 unspecified atom stereocenters. The van der Waals surface area contributed by atoms with E-state index in [0.29, 0.717) is 0 Å². The lowest BCUT2D eigenvalue weighted by Crippen LogP contribution is -2.28. The number of carboxylic acids is 1. The van der Waals surface area contributed by atoms with Crippen molar-refractivity contribution in [1.82, 2.24) is 0 Å². The lowest BCUT2D eigenvalue weighted by Gasteiger charge is -2.10. The summed E-state index contributed by atoms with van der Waals surface area (Å²) >= 11 is 0. The zero-order valence-electron chi connectivity index (χ0n) is 5.01. The van der Waals surface area contributed by atoms with Gasteiger partial charge in [-0.3, -0.25) is 4.99 Å². The second kappa shape index (κ2) is 1.94. The smallest absolute Gasteiger partial charge is 0.330 e. The topological polar surface area (TPSA) is 49.7 Å². The molecule has 0 rings (SSSR count). The Kier molecular flexibility index (Phi) is 1.73. The highest BCUT2D eigenvalue weighted by molar-refractivity contribution is 5.78. The van der Waals surface area contributed by atoms with Crippen molar-refractivity contribution >= 4 is 12.7 Å². The number of hydrogen-bond donors (Lipinski definition) is 1. The zero-order valence-corrected chi connectivity index (χ0v) is 5.01. The van der Waals surface area contributed by atoms with Gasteiger partial charge in [-0.05, 0) is 20.6 Å².